The molecule has 1 heterocycles. The van der Waals surface area contributed by atoms with Gasteiger partial charge < -0.3 is 5.32 Å². The Hall–Kier alpha value is -1.26. The fourth-order valence-electron chi connectivity index (χ4n) is 3.12. The Kier molecular flexibility index (Phi) is 6.24. The SMILES string of the molecule is O=C(Nc1cccc(Cl)c1)C1CCCN(Cc2ccc(Cl)c(Cl)c2)C1. The summed E-state index contributed by atoms with van der Waals surface area (Å²) in [6, 6.07) is 12.9. The largest absolute Gasteiger partial charge is 0.326 e. The summed E-state index contributed by atoms with van der Waals surface area (Å²) in [6.07, 6.45) is 1.89. The van der Waals surface area contributed by atoms with E-state index in [1.54, 1.807) is 12.1 Å². The van der Waals surface area contributed by atoms with Gasteiger partial charge in [0.05, 0.1) is 16.0 Å². The van der Waals surface area contributed by atoms with Crippen molar-refractivity contribution in [1.82, 2.24) is 4.90 Å². The number of nitrogens with zero attached hydrogens (tertiary/aromatic N) is 1. The van der Waals surface area contributed by atoms with Gasteiger partial charge in [0, 0.05) is 23.8 Å². The Balaban J connectivity index is 1.60. The lowest BCUT2D eigenvalue weighted by Gasteiger charge is -2.32. The minimum atomic E-state index is -0.0319. The summed E-state index contributed by atoms with van der Waals surface area (Å²) < 4.78 is 0. The van der Waals surface area contributed by atoms with Gasteiger partial charge in [-0.25, -0.2) is 0 Å². The molecule has 2 aromatic carbocycles. The molecule has 1 fully saturated rings. The van der Waals surface area contributed by atoms with Gasteiger partial charge in [-0.1, -0.05) is 46.9 Å². The molecule has 0 spiro atoms. The number of amides is 1. The van der Waals surface area contributed by atoms with Crippen molar-refractivity contribution < 1.29 is 4.79 Å². The van der Waals surface area contributed by atoms with Crippen LogP contribution in [0.25, 0.3) is 0 Å². The molecule has 0 saturated carbocycles. The van der Waals surface area contributed by atoms with Gasteiger partial charge in [0.2, 0.25) is 5.91 Å². The van der Waals surface area contributed by atoms with Crippen LogP contribution >= 0.6 is 34.8 Å². The first kappa shape index (κ1) is 18.5. The van der Waals surface area contributed by atoms with E-state index in [1.807, 2.05) is 30.3 Å². The summed E-state index contributed by atoms with van der Waals surface area (Å²) in [4.78, 5) is 14.8. The van der Waals surface area contributed by atoms with Gasteiger partial charge >= 0.3 is 0 Å². The Labute approximate surface area is 162 Å². The van der Waals surface area contributed by atoms with Crippen LogP contribution in [0.4, 0.5) is 5.69 Å². The first-order valence-corrected chi connectivity index (χ1v) is 9.37. The number of likely N-dealkylation sites (tertiary alicyclic amines) is 1. The van der Waals surface area contributed by atoms with Crippen molar-refractivity contribution in [3.63, 3.8) is 0 Å². The van der Waals surface area contributed by atoms with Gasteiger partial charge in [-0.3, -0.25) is 9.69 Å². The Bertz CT molecular complexity index is 766. The van der Waals surface area contributed by atoms with Crippen molar-refractivity contribution in [3.05, 3.63) is 63.1 Å². The number of piperidine rings is 1. The Morgan fingerprint density at radius 2 is 1.96 bits per heavy atom. The predicted molar refractivity (Wildman–Crippen MR) is 105 cm³/mol. The third-order valence-electron chi connectivity index (χ3n) is 4.36. The van der Waals surface area contributed by atoms with Crippen LogP contribution < -0.4 is 5.32 Å². The molecule has 0 radical (unpaired) electrons. The average Bonchev–Trinajstić information content (AvgIpc) is 2.58. The lowest BCUT2D eigenvalue weighted by molar-refractivity contribution is -0.121. The molecule has 1 aliphatic rings. The van der Waals surface area contributed by atoms with Crippen molar-refractivity contribution in [1.29, 1.82) is 0 Å². The molecule has 3 rings (SSSR count). The number of rotatable bonds is 4. The van der Waals surface area contributed by atoms with E-state index in [9.17, 15) is 4.79 Å². The number of carbonyl (C=O) groups is 1. The first-order chi connectivity index (χ1) is 12.0. The van der Waals surface area contributed by atoms with E-state index < -0.39 is 0 Å². The molecule has 1 unspecified atom stereocenters. The van der Waals surface area contributed by atoms with Crippen LogP contribution in [0.2, 0.25) is 15.1 Å². The van der Waals surface area contributed by atoms with Crippen molar-refractivity contribution in [2.75, 3.05) is 18.4 Å². The van der Waals surface area contributed by atoms with E-state index in [4.69, 9.17) is 34.8 Å². The van der Waals surface area contributed by atoms with Crippen LogP contribution in [0.5, 0.6) is 0 Å². The molecule has 25 heavy (non-hydrogen) atoms. The molecule has 2 aromatic rings. The maximum atomic E-state index is 12.6. The van der Waals surface area contributed by atoms with Gasteiger partial charge in [-0.15, -0.1) is 0 Å². The van der Waals surface area contributed by atoms with Crippen molar-refractivity contribution in [3.8, 4) is 0 Å². The number of anilines is 1. The fraction of sp³-hybridized carbons (Fsp3) is 0.316. The molecular formula is C19H19Cl3N2O. The second kappa shape index (κ2) is 8.41. The molecule has 1 N–H and O–H groups in total. The number of halogens is 3. The van der Waals surface area contributed by atoms with E-state index in [1.165, 1.54) is 0 Å². The fourth-order valence-corrected chi connectivity index (χ4v) is 3.63. The highest BCUT2D eigenvalue weighted by atomic mass is 35.5. The van der Waals surface area contributed by atoms with Crippen LogP contribution in [0.3, 0.4) is 0 Å². The van der Waals surface area contributed by atoms with Crippen LogP contribution in [0.1, 0.15) is 18.4 Å². The average molecular weight is 398 g/mol. The maximum Gasteiger partial charge on any atom is 0.228 e. The maximum absolute atomic E-state index is 12.6. The first-order valence-electron chi connectivity index (χ1n) is 8.24. The zero-order chi connectivity index (χ0) is 17.8. The molecule has 6 heteroatoms. The van der Waals surface area contributed by atoms with Gasteiger partial charge in [-0.2, -0.15) is 0 Å². The molecule has 132 valence electrons. The Morgan fingerprint density at radius 1 is 1.12 bits per heavy atom. The molecule has 0 aliphatic carbocycles. The topological polar surface area (TPSA) is 32.3 Å². The summed E-state index contributed by atoms with van der Waals surface area (Å²) in [5, 5.41) is 4.70. The van der Waals surface area contributed by atoms with Crippen LogP contribution in [-0.4, -0.2) is 23.9 Å². The Morgan fingerprint density at radius 3 is 2.72 bits per heavy atom. The summed E-state index contributed by atoms with van der Waals surface area (Å²) in [6.45, 7) is 2.46. The van der Waals surface area contributed by atoms with Gasteiger partial charge in [-0.05, 0) is 55.3 Å². The van der Waals surface area contributed by atoms with Crippen LogP contribution in [0, 0.1) is 5.92 Å². The van der Waals surface area contributed by atoms with E-state index in [0.29, 0.717) is 15.1 Å². The zero-order valence-corrected chi connectivity index (χ0v) is 15.9. The quantitative estimate of drug-likeness (QED) is 0.739. The summed E-state index contributed by atoms with van der Waals surface area (Å²) >= 11 is 18.0. The van der Waals surface area contributed by atoms with E-state index in [-0.39, 0.29) is 11.8 Å². The minimum absolute atomic E-state index is 0.0319. The van der Waals surface area contributed by atoms with Crippen LogP contribution in [-0.2, 0) is 11.3 Å². The molecule has 0 aromatic heterocycles. The minimum Gasteiger partial charge on any atom is -0.326 e. The highest BCUT2D eigenvalue weighted by Crippen LogP contribution is 2.25. The van der Waals surface area contributed by atoms with Gasteiger partial charge in [0.15, 0.2) is 0 Å². The molecule has 3 nitrogen and oxygen atoms in total. The number of hydrogen-bond donors (Lipinski definition) is 1. The molecule has 0 bridgehead atoms. The molecule has 1 amide bonds. The second-order valence-electron chi connectivity index (χ2n) is 6.32. The normalized spacial score (nSPS) is 18.1. The van der Waals surface area contributed by atoms with Crippen LogP contribution in [0.15, 0.2) is 42.5 Å². The van der Waals surface area contributed by atoms with Crippen molar-refractivity contribution in [2.45, 2.75) is 19.4 Å². The summed E-state index contributed by atoms with van der Waals surface area (Å²) in [5.74, 6) is 0.0107. The smallest absolute Gasteiger partial charge is 0.228 e. The van der Waals surface area contributed by atoms with Gasteiger partial charge in [0.1, 0.15) is 0 Å². The number of nitrogens with one attached hydrogen (secondary N) is 1. The molecule has 1 atom stereocenters. The molecule has 1 aliphatic heterocycles. The number of benzene rings is 2. The van der Waals surface area contributed by atoms with E-state index in [0.717, 1.165) is 43.7 Å². The monoisotopic (exact) mass is 396 g/mol. The lowest BCUT2D eigenvalue weighted by Crippen LogP contribution is -2.40. The standard InChI is InChI=1S/C19H19Cl3N2O/c20-15-4-1-5-16(10-15)23-19(25)14-3-2-8-24(12-14)11-13-6-7-17(21)18(22)9-13/h1,4-7,9-10,14H,2-3,8,11-12H2,(H,23,25). The highest BCUT2D eigenvalue weighted by molar-refractivity contribution is 6.42. The summed E-state index contributed by atoms with van der Waals surface area (Å²) in [7, 11) is 0. The third-order valence-corrected chi connectivity index (χ3v) is 5.33. The predicted octanol–water partition coefficient (Wildman–Crippen LogP) is 5.50. The van der Waals surface area contributed by atoms with E-state index >= 15 is 0 Å². The lowest BCUT2D eigenvalue weighted by atomic mass is 9.96. The van der Waals surface area contributed by atoms with Gasteiger partial charge in [0.25, 0.3) is 0 Å². The van der Waals surface area contributed by atoms with Crippen molar-refractivity contribution in [2.24, 2.45) is 5.92 Å². The zero-order valence-electron chi connectivity index (χ0n) is 13.6. The summed E-state index contributed by atoms with van der Waals surface area (Å²) in [5.41, 5.74) is 1.84. The molecular weight excluding hydrogens is 379 g/mol. The number of carbonyl (C=O) groups excluding carboxylic acids is 1. The molecule has 1 saturated heterocycles. The van der Waals surface area contributed by atoms with E-state index in [2.05, 4.69) is 10.2 Å². The third kappa shape index (κ3) is 5.11. The highest BCUT2D eigenvalue weighted by Gasteiger charge is 2.26. The number of hydrogen-bond acceptors (Lipinski definition) is 2. The van der Waals surface area contributed by atoms with Crippen molar-refractivity contribution >= 4 is 46.4 Å². The second-order valence-corrected chi connectivity index (χ2v) is 7.57.